The van der Waals surface area contributed by atoms with Gasteiger partial charge in [0.2, 0.25) is 10.0 Å². The Morgan fingerprint density at radius 2 is 1.19 bits per heavy atom. The summed E-state index contributed by atoms with van der Waals surface area (Å²) < 4.78 is 110. The summed E-state index contributed by atoms with van der Waals surface area (Å²) >= 11 is 0. The molecule has 0 amide bonds. The molecule has 11 heteroatoms. The predicted molar refractivity (Wildman–Crippen MR) is 124 cm³/mol. The normalized spacial score (nSPS) is 14.6. The van der Waals surface area contributed by atoms with E-state index < -0.39 is 56.9 Å². The van der Waals surface area contributed by atoms with Gasteiger partial charge in [0, 0.05) is 7.05 Å². The van der Waals surface area contributed by atoms with Crippen molar-refractivity contribution in [2.45, 2.75) is 30.2 Å². The Kier molecular flexibility index (Phi) is 8.17. The molecule has 1 N–H and O–H groups in total. The second kappa shape index (κ2) is 10.6. The van der Waals surface area contributed by atoms with Gasteiger partial charge in [-0.25, -0.2) is 8.42 Å². The molecular weight excluding hydrogens is 506 g/mol. The highest BCUT2D eigenvalue weighted by molar-refractivity contribution is 7.88. The summed E-state index contributed by atoms with van der Waals surface area (Å²) in [6.07, 6.45) is -10.4. The van der Waals surface area contributed by atoms with Crippen molar-refractivity contribution in [3.63, 3.8) is 0 Å². The fraction of sp³-hybridized carbons (Fsp3) is 0.280. The fourth-order valence-electron chi connectivity index (χ4n) is 4.16. The molecule has 2 unspecified atom stereocenters. The molecule has 0 saturated carbocycles. The summed E-state index contributed by atoms with van der Waals surface area (Å²) in [6, 6.07) is 17.0. The van der Waals surface area contributed by atoms with Crippen LogP contribution < -0.4 is 5.32 Å². The van der Waals surface area contributed by atoms with Gasteiger partial charge in [-0.15, -0.1) is 0 Å². The van der Waals surface area contributed by atoms with E-state index in [1.807, 2.05) is 0 Å². The maximum Gasteiger partial charge on any atom is 0.416 e. The van der Waals surface area contributed by atoms with Crippen LogP contribution in [0.1, 0.15) is 39.9 Å². The second-order valence-corrected chi connectivity index (χ2v) is 10.2. The predicted octanol–water partition coefficient (Wildman–Crippen LogP) is 6.19. The van der Waals surface area contributed by atoms with Crippen molar-refractivity contribution >= 4 is 10.0 Å². The van der Waals surface area contributed by atoms with E-state index in [2.05, 4.69) is 5.32 Å². The number of nitrogens with zero attached hydrogens (tertiary/aromatic N) is 1. The Hall–Kier alpha value is -2.89. The van der Waals surface area contributed by atoms with Crippen molar-refractivity contribution in [2.75, 3.05) is 14.1 Å². The molecule has 0 radical (unpaired) electrons. The van der Waals surface area contributed by atoms with Gasteiger partial charge < -0.3 is 5.32 Å². The third-order valence-corrected chi connectivity index (χ3v) is 7.63. The molecule has 2 atom stereocenters. The monoisotopic (exact) mass is 530 g/mol. The van der Waals surface area contributed by atoms with Crippen LogP contribution in [-0.4, -0.2) is 26.8 Å². The minimum Gasteiger partial charge on any atom is -0.311 e. The van der Waals surface area contributed by atoms with Crippen molar-refractivity contribution < 1.29 is 34.8 Å². The smallest absolute Gasteiger partial charge is 0.311 e. The van der Waals surface area contributed by atoms with E-state index in [4.69, 9.17) is 0 Å². The zero-order chi connectivity index (χ0) is 26.7. The number of benzene rings is 3. The second-order valence-electron chi connectivity index (χ2n) is 8.13. The molecule has 0 fully saturated rings. The van der Waals surface area contributed by atoms with Crippen molar-refractivity contribution in [1.82, 2.24) is 9.62 Å². The summed E-state index contributed by atoms with van der Waals surface area (Å²) in [5.41, 5.74) is -3.43. The highest BCUT2D eigenvalue weighted by Gasteiger charge is 2.43. The van der Waals surface area contributed by atoms with E-state index in [9.17, 15) is 34.8 Å². The SMILES string of the molecule is CNC(c1ccccc1)C(c1ccccc1)N(C)S(=O)(=O)Cc1c(C(F)(F)F)cccc1C(F)(F)F. The van der Waals surface area contributed by atoms with Crippen molar-refractivity contribution in [2.24, 2.45) is 0 Å². The lowest BCUT2D eigenvalue weighted by Crippen LogP contribution is -2.39. The van der Waals surface area contributed by atoms with Gasteiger partial charge in [-0.1, -0.05) is 66.7 Å². The summed E-state index contributed by atoms with van der Waals surface area (Å²) in [4.78, 5) is 0. The molecular formula is C25H24F6N2O2S. The number of halogens is 6. The van der Waals surface area contributed by atoms with Crippen LogP contribution in [-0.2, 0) is 28.1 Å². The molecule has 0 aromatic heterocycles. The van der Waals surface area contributed by atoms with Crippen LogP contribution in [0.5, 0.6) is 0 Å². The zero-order valence-corrected chi connectivity index (χ0v) is 20.1. The van der Waals surface area contributed by atoms with Crippen molar-refractivity contribution in [1.29, 1.82) is 0 Å². The third kappa shape index (κ3) is 6.08. The van der Waals surface area contributed by atoms with E-state index in [0.29, 0.717) is 29.3 Å². The summed E-state index contributed by atoms with van der Waals surface area (Å²) in [5.74, 6) is -1.48. The quantitative estimate of drug-likeness (QED) is 0.354. The molecule has 3 aromatic rings. The standard InChI is InChI=1S/C25H24F6N2O2S/c1-32-22(17-10-5-3-6-11-17)23(18-12-7-4-8-13-18)33(2)36(34,35)16-19-20(24(26,27)28)14-9-15-21(19)25(29,30)31/h3-15,22-23,32H,16H2,1-2H3. The van der Waals surface area contributed by atoms with Gasteiger partial charge in [-0.3, -0.25) is 0 Å². The van der Waals surface area contributed by atoms with Crippen LogP contribution in [0.3, 0.4) is 0 Å². The van der Waals surface area contributed by atoms with Crippen LogP contribution in [0.2, 0.25) is 0 Å². The Bertz CT molecular complexity index is 1230. The molecule has 0 bridgehead atoms. The molecule has 0 aliphatic rings. The first-order valence-electron chi connectivity index (χ1n) is 10.8. The first-order chi connectivity index (χ1) is 16.8. The molecule has 0 spiro atoms. The number of alkyl halides is 6. The Balaban J connectivity index is 2.14. The maximum atomic E-state index is 13.6. The minimum atomic E-state index is -5.18. The number of sulfonamides is 1. The molecule has 0 heterocycles. The topological polar surface area (TPSA) is 49.4 Å². The van der Waals surface area contributed by atoms with Gasteiger partial charge in [-0.2, -0.15) is 30.6 Å². The van der Waals surface area contributed by atoms with Gasteiger partial charge in [0.05, 0.1) is 29.0 Å². The molecule has 0 aliphatic carbocycles. The molecule has 0 saturated heterocycles. The van der Waals surface area contributed by atoms with Crippen LogP contribution >= 0.6 is 0 Å². The Morgan fingerprint density at radius 3 is 1.61 bits per heavy atom. The highest BCUT2D eigenvalue weighted by atomic mass is 32.2. The van der Waals surface area contributed by atoms with Crippen LogP contribution in [0, 0.1) is 0 Å². The lowest BCUT2D eigenvalue weighted by atomic mass is 9.93. The van der Waals surface area contributed by atoms with E-state index in [1.165, 1.54) is 0 Å². The minimum absolute atomic E-state index is 0.454. The van der Waals surface area contributed by atoms with E-state index in [1.54, 1.807) is 67.7 Å². The number of hydrogen-bond donors (Lipinski definition) is 1. The molecule has 194 valence electrons. The third-order valence-electron chi connectivity index (χ3n) is 5.87. The first-order valence-corrected chi connectivity index (χ1v) is 12.4. The highest BCUT2D eigenvalue weighted by Crippen LogP contribution is 2.42. The van der Waals surface area contributed by atoms with E-state index in [0.717, 1.165) is 11.4 Å². The fourth-order valence-corrected chi connectivity index (χ4v) is 5.63. The van der Waals surface area contributed by atoms with Crippen molar-refractivity contribution in [3.8, 4) is 0 Å². The maximum absolute atomic E-state index is 13.6. The molecule has 36 heavy (non-hydrogen) atoms. The first kappa shape index (κ1) is 27.7. The molecule has 3 aromatic carbocycles. The lowest BCUT2D eigenvalue weighted by molar-refractivity contribution is -0.144. The number of rotatable bonds is 8. The lowest BCUT2D eigenvalue weighted by Gasteiger charge is -2.35. The van der Waals surface area contributed by atoms with Gasteiger partial charge >= 0.3 is 12.4 Å². The van der Waals surface area contributed by atoms with Crippen LogP contribution in [0.15, 0.2) is 78.9 Å². The average Bonchev–Trinajstić information content (AvgIpc) is 2.81. The van der Waals surface area contributed by atoms with Crippen LogP contribution in [0.4, 0.5) is 26.3 Å². The molecule has 4 nitrogen and oxygen atoms in total. The van der Waals surface area contributed by atoms with E-state index >= 15 is 0 Å². The summed E-state index contributed by atoms with van der Waals surface area (Å²) in [7, 11) is -1.95. The molecule has 0 aliphatic heterocycles. The van der Waals surface area contributed by atoms with Crippen molar-refractivity contribution in [3.05, 3.63) is 107 Å². The Morgan fingerprint density at radius 1 is 0.750 bits per heavy atom. The average molecular weight is 531 g/mol. The largest absolute Gasteiger partial charge is 0.416 e. The summed E-state index contributed by atoms with van der Waals surface area (Å²) in [6.45, 7) is 0. The van der Waals surface area contributed by atoms with Crippen LogP contribution in [0.25, 0.3) is 0 Å². The van der Waals surface area contributed by atoms with Gasteiger partial charge in [0.1, 0.15) is 0 Å². The number of nitrogens with one attached hydrogen (secondary N) is 1. The van der Waals surface area contributed by atoms with E-state index in [-0.39, 0.29) is 0 Å². The van der Waals surface area contributed by atoms with Gasteiger partial charge in [0.15, 0.2) is 0 Å². The summed E-state index contributed by atoms with van der Waals surface area (Å²) in [5, 5.41) is 3.04. The van der Waals surface area contributed by atoms with Gasteiger partial charge in [0.25, 0.3) is 0 Å². The van der Waals surface area contributed by atoms with Gasteiger partial charge in [-0.05, 0) is 35.9 Å². The number of hydrogen-bond acceptors (Lipinski definition) is 3. The molecule has 3 rings (SSSR count). The number of likely N-dealkylation sites (N-methyl/N-ethyl adjacent to an activating group) is 2. The zero-order valence-electron chi connectivity index (χ0n) is 19.3. The Labute approximate surface area is 205 Å².